The van der Waals surface area contributed by atoms with Gasteiger partial charge in [-0.2, -0.15) is 0 Å². The van der Waals surface area contributed by atoms with E-state index < -0.39 is 0 Å². The van der Waals surface area contributed by atoms with Crippen molar-refractivity contribution < 1.29 is 4.39 Å². The highest BCUT2D eigenvalue weighted by molar-refractivity contribution is 7.19. The fraction of sp³-hybridized carbons (Fsp3) is 0.529. The van der Waals surface area contributed by atoms with E-state index in [1.165, 1.54) is 29.5 Å². The molecule has 4 atom stereocenters. The van der Waals surface area contributed by atoms with Crippen molar-refractivity contribution in [2.75, 3.05) is 13.6 Å². The van der Waals surface area contributed by atoms with Gasteiger partial charge in [-0.3, -0.25) is 0 Å². The molecule has 3 heteroatoms. The van der Waals surface area contributed by atoms with E-state index in [0.29, 0.717) is 5.92 Å². The maximum atomic E-state index is 13.4. The molecule has 0 amide bonds. The molecule has 1 heterocycles. The summed E-state index contributed by atoms with van der Waals surface area (Å²) >= 11 is 1.81. The van der Waals surface area contributed by atoms with Crippen LogP contribution in [0.5, 0.6) is 0 Å². The van der Waals surface area contributed by atoms with Gasteiger partial charge < -0.3 is 5.32 Å². The summed E-state index contributed by atoms with van der Waals surface area (Å²) in [4.78, 5) is 1.48. The molecule has 1 aromatic heterocycles. The smallest absolute Gasteiger partial charge is 0.124 e. The van der Waals surface area contributed by atoms with Gasteiger partial charge in [-0.1, -0.05) is 6.07 Å². The number of halogens is 1. The van der Waals surface area contributed by atoms with E-state index >= 15 is 0 Å². The van der Waals surface area contributed by atoms with Gasteiger partial charge in [0.15, 0.2) is 0 Å². The van der Waals surface area contributed by atoms with Gasteiger partial charge in [0.1, 0.15) is 5.82 Å². The van der Waals surface area contributed by atoms with Crippen molar-refractivity contribution in [2.24, 2.45) is 17.8 Å². The van der Waals surface area contributed by atoms with Gasteiger partial charge in [-0.05, 0) is 74.2 Å². The van der Waals surface area contributed by atoms with E-state index in [1.807, 2.05) is 17.4 Å². The molecule has 0 spiro atoms. The van der Waals surface area contributed by atoms with Gasteiger partial charge >= 0.3 is 0 Å². The number of benzene rings is 1. The Balaban J connectivity index is 1.73. The van der Waals surface area contributed by atoms with E-state index in [2.05, 4.69) is 18.4 Å². The van der Waals surface area contributed by atoms with Crippen LogP contribution in [-0.4, -0.2) is 13.6 Å². The molecule has 4 rings (SSSR count). The fourth-order valence-corrected chi connectivity index (χ4v) is 5.93. The van der Waals surface area contributed by atoms with Gasteiger partial charge in [-0.25, -0.2) is 4.39 Å². The molecular formula is C17H20FNS. The van der Waals surface area contributed by atoms with E-state index in [-0.39, 0.29) is 5.82 Å². The Labute approximate surface area is 123 Å². The molecule has 2 aliphatic carbocycles. The van der Waals surface area contributed by atoms with Crippen LogP contribution in [0.4, 0.5) is 4.39 Å². The number of rotatable bonds is 3. The van der Waals surface area contributed by atoms with Crippen molar-refractivity contribution in [3.05, 3.63) is 35.0 Å². The van der Waals surface area contributed by atoms with Gasteiger partial charge in [0.2, 0.25) is 0 Å². The predicted octanol–water partition coefficient (Wildman–Crippen LogP) is 4.39. The Morgan fingerprint density at radius 1 is 1.25 bits per heavy atom. The molecule has 1 nitrogen and oxygen atoms in total. The van der Waals surface area contributed by atoms with E-state index in [0.717, 1.165) is 29.0 Å². The number of hydrogen-bond acceptors (Lipinski definition) is 2. The highest BCUT2D eigenvalue weighted by Gasteiger charge is 2.48. The lowest BCUT2D eigenvalue weighted by atomic mass is 9.78. The van der Waals surface area contributed by atoms with Crippen LogP contribution in [0.15, 0.2) is 24.3 Å². The highest BCUT2D eigenvalue weighted by atomic mass is 32.1. The van der Waals surface area contributed by atoms with Gasteiger partial charge in [0.05, 0.1) is 0 Å². The van der Waals surface area contributed by atoms with Crippen molar-refractivity contribution in [3.8, 4) is 0 Å². The molecule has 1 N–H and O–H groups in total. The van der Waals surface area contributed by atoms with Crippen molar-refractivity contribution >= 4 is 21.4 Å². The maximum Gasteiger partial charge on any atom is 0.124 e. The summed E-state index contributed by atoms with van der Waals surface area (Å²) < 4.78 is 14.5. The standard InChI is InChI=1S/C17H20FNS/c1-19-9-14-10-2-3-12(6-10)17(14)16-7-11-4-5-13(18)8-15(11)20-16/h4-5,7-8,10,12,14,17,19H,2-3,6,9H2,1H3. The van der Waals surface area contributed by atoms with Gasteiger partial charge in [0, 0.05) is 15.5 Å². The van der Waals surface area contributed by atoms with Gasteiger partial charge in [-0.15, -0.1) is 11.3 Å². The second-order valence-electron chi connectivity index (χ2n) is 6.41. The predicted molar refractivity (Wildman–Crippen MR) is 82.8 cm³/mol. The third-order valence-corrected chi connectivity index (χ3v) is 6.56. The molecule has 0 saturated heterocycles. The first-order valence-electron chi connectivity index (χ1n) is 7.60. The Kier molecular flexibility index (Phi) is 3.08. The summed E-state index contributed by atoms with van der Waals surface area (Å²) in [6.07, 6.45) is 4.20. The molecule has 20 heavy (non-hydrogen) atoms. The first-order valence-corrected chi connectivity index (χ1v) is 8.41. The second kappa shape index (κ2) is 4.81. The molecule has 2 fully saturated rings. The number of thiophene rings is 1. The molecule has 0 aliphatic heterocycles. The molecule has 106 valence electrons. The van der Waals surface area contributed by atoms with Gasteiger partial charge in [0.25, 0.3) is 0 Å². The van der Waals surface area contributed by atoms with Crippen LogP contribution in [0.3, 0.4) is 0 Å². The Hall–Kier alpha value is -0.930. The molecule has 2 bridgehead atoms. The maximum absolute atomic E-state index is 13.4. The number of fused-ring (bicyclic) bond motifs is 3. The fourth-order valence-electron chi connectivity index (χ4n) is 4.57. The molecular weight excluding hydrogens is 269 g/mol. The van der Waals surface area contributed by atoms with Crippen LogP contribution in [0.25, 0.3) is 10.1 Å². The van der Waals surface area contributed by atoms with Crippen LogP contribution >= 0.6 is 11.3 Å². The minimum atomic E-state index is -0.120. The zero-order chi connectivity index (χ0) is 13.7. The van der Waals surface area contributed by atoms with Crippen LogP contribution < -0.4 is 5.32 Å². The van der Waals surface area contributed by atoms with E-state index in [4.69, 9.17) is 0 Å². The largest absolute Gasteiger partial charge is 0.319 e. The van der Waals surface area contributed by atoms with Crippen molar-refractivity contribution in [1.82, 2.24) is 5.32 Å². The van der Waals surface area contributed by atoms with Crippen LogP contribution in [0.2, 0.25) is 0 Å². The monoisotopic (exact) mass is 289 g/mol. The Bertz CT molecular complexity index is 635. The molecule has 2 aliphatic rings. The van der Waals surface area contributed by atoms with Crippen LogP contribution in [0.1, 0.15) is 30.1 Å². The summed E-state index contributed by atoms with van der Waals surface area (Å²) in [6.45, 7) is 1.12. The summed E-state index contributed by atoms with van der Waals surface area (Å²) in [6, 6.07) is 7.49. The molecule has 0 radical (unpaired) electrons. The quantitative estimate of drug-likeness (QED) is 0.883. The van der Waals surface area contributed by atoms with E-state index in [9.17, 15) is 4.39 Å². The molecule has 2 aromatic rings. The summed E-state index contributed by atoms with van der Waals surface area (Å²) in [7, 11) is 2.06. The normalized spacial score (nSPS) is 32.3. The average Bonchev–Trinajstić information content (AvgIpc) is 3.11. The third-order valence-electron chi connectivity index (χ3n) is 5.36. The minimum absolute atomic E-state index is 0.120. The summed E-state index contributed by atoms with van der Waals surface area (Å²) in [5, 5.41) is 4.59. The lowest BCUT2D eigenvalue weighted by Crippen LogP contribution is -2.29. The van der Waals surface area contributed by atoms with Crippen LogP contribution in [0, 0.1) is 23.6 Å². The van der Waals surface area contributed by atoms with Crippen LogP contribution in [-0.2, 0) is 0 Å². The van der Waals surface area contributed by atoms with Crippen molar-refractivity contribution in [3.63, 3.8) is 0 Å². The Morgan fingerprint density at radius 3 is 2.95 bits per heavy atom. The van der Waals surface area contributed by atoms with Crippen molar-refractivity contribution in [1.29, 1.82) is 0 Å². The minimum Gasteiger partial charge on any atom is -0.319 e. The highest BCUT2D eigenvalue weighted by Crippen LogP contribution is 2.57. The molecule has 4 unspecified atom stereocenters. The second-order valence-corrected chi connectivity index (χ2v) is 7.53. The van der Waals surface area contributed by atoms with E-state index in [1.54, 1.807) is 12.1 Å². The Morgan fingerprint density at radius 2 is 2.10 bits per heavy atom. The number of nitrogens with one attached hydrogen (secondary N) is 1. The summed E-state index contributed by atoms with van der Waals surface area (Å²) in [5.41, 5.74) is 0. The van der Waals surface area contributed by atoms with Crippen molar-refractivity contribution in [2.45, 2.75) is 25.2 Å². The number of hydrogen-bond donors (Lipinski definition) is 1. The molecule has 2 saturated carbocycles. The third kappa shape index (κ3) is 1.91. The zero-order valence-corrected chi connectivity index (χ0v) is 12.5. The SMILES string of the molecule is CNCC1C2CCC(C2)C1c1cc2ccc(F)cc2s1. The molecule has 1 aromatic carbocycles. The summed E-state index contributed by atoms with van der Waals surface area (Å²) in [5.74, 6) is 3.11. The topological polar surface area (TPSA) is 12.0 Å². The first-order chi connectivity index (χ1) is 9.76. The first kappa shape index (κ1) is 12.8. The average molecular weight is 289 g/mol. The lowest BCUT2D eigenvalue weighted by Gasteiger charge is -2.30. The lowest BCUT2D eigenvalue weighted by molar-refractivity contribution is 0.285. The zero-order valence-electron chi connectivity index (χ0n) is 11.7.